The third-order valence-corrected chi connectivity index (χ3v) is 3.22. The van der Waals surface area contributed by atoms with Crippen LogP contribution in [0.2, 0.25) is 5.02 Å². The molecule has 2 unspecified atom stereocenters. The van der Waals surface area contributed by atoms with Crippen molar-refractivity contribution in [3.8, 4) is 0 Å². The van der Waals surface area contributed by atoms with E-state index in [0.29, 0.717) is 17.0 Å². The van der Waals surface area contributed by atoms with Crippen LogP contribution in [-0.2, 0) is 6.42 Å². The molecular weight excluding hydrogens is 240 g/mol. The lowest BCUT2D eigenvalue weighted by atomic mass is 9.92. The van der Waals surface area contributed by atoms with Gasteiger partial charge in [-0.2, -0.15) is 0 Å². The summed E-state index contributed by atoms with van der Waals surface area (Å²) in [7, 11) is 0. The maximum Gasteiger partial charge on any atom is 0.274 e. The number of nitro benzene ring substituents is 1. The number of nitrogens with zero attached hydrogens (tertiary/aromatic N) is 1. The van der Waals surface area contributed by atoms with E-state index in [1.165, 1.54) is 6.07 Å². The van der Waals surface area contributed by atoms with E-state index in [4.69, 9.17) is 17.3 Å². The fourth-order valence-electron chi connectivity index (χ4n) is 1.78. The quantitative estimate of drug-likeness (QED) is 0.650. The Bertz CT molecular complexity index is 409. The topological polar surface area (TPSA) is 69.2 Å². The van der Waals surface area contributed by atoms with Gasteiger partial charge in [-0.1, -0.05) is 31.5 Å². The first kappa shape index (κ1) is 13.9. The first-order valence-corrected chi connectivity index (χ1v) is 6.01. The zero-order valence-corrected chi connectivity index (χ0v) is 10.8. The molecule has 1 rings (SSSR count). The van der Waals surface area contributed by atoms with Crippen LogP contribution in [0.1, 0.15) is 25.8 Å². The highest BCUT2D eigenvalue weighted by Crippen LogP contribution is 2.26. The van der Waals surface area contributed by atoms with Crippen LogP contribution in [0.3, 0.4) is 0 Å². The maximum absolute atomic E-state index is 10.9. The summed E-state index contributed by atoms with van der Waals surface area (Å²) in [5.74, 6) is 0.208. The van der Waals surface area contributed by atoms with Crippen molar-refractivity contribution >= 4 is 17.3 Å². The Morgan fingerprint density at radius 2 is 2.18 bits per heavy atom. The van der Waals surface area contributed by atoms with Gasteiger partial charge in [-0.05, 0) is 24.8 Å². The van der Waals surface area contributed by atoms with Crippen molar-refractivity contribution in [3.05, 3.63) is 38.9 Å². The van der Waals surface area contributed by atoms with Crippen molar-refractivity contribution in [1.29, 1.82) is 0 Å². The standard InChI is InChI=1S/C12H17ClN2O2/c1-3-11(14)8(2)6-9-4-5-10(13)7-12(9)15(16)17/h4-5,7-8,11H,3,6,14H2,1-2H3. The summed E-state index contributed by atoms with van der Waals surface area (Å²) in [6.45, 7) is 4.02. The molecule has 0 amide bonds. The average molecular weight is 257 g/mol. The smallest absolute Gasteiger partial charge is 0.274 e. The van der Waals surface area contributed by atoms with Gasteiger partial charge in [-0.25, -0.2) is 0 Å². The van der Waals surface area contributed by atoms with Crippen LogP contribution in [0.4, 0.5) is 5.69 Å². The molecule has 0 aliphatic carbocycles. The van der Waals surface area contributed by atoms with Crippen LogP contribution in [0.15, 0.2) is 18.2 Å². The Morgan fingerprint density at radius 3 is 2.71 bits per heavy atom. The van der Waals surface area contributed by atoms with Crippen molar-refractivity contribution in [2.45, 2.75) is 32.7 Å². The molecule has 0 saturated carbocycles. The zero-order valence-electron chi connectivity index (χ0n) is 10.0. The highest BCUT2D eigenvalue weighted by Gasteiger charge is 2.19. The third-order valence-electron chi connectivity index (χ3n) is 2.99. The van der Waals surface area contributed by atoms with Gasteiger partial charge in [0.1, 0.15) is 0 Å². The van der Waals surface area contributed by atoms with Crippen LogP contribution >= 0.6 is 11.6 Å². The highest BCUT2D eigenvalue weighted by molar-refractivity contribution is 6.30. The molecule has 4 nitrogen and oxygen atoms in total. The highest BCUT2D eigenvalue weighted by atomic mass is 35.5. The molecule has 0 aromatic heterocycles. The number of hydrogen-bond acceptors (Lipinski definition) is 3. The van der Waals surface area contributed by atoms with Crippen LogP contribution in [0.25, 0.3) is 0 Å². The van der Waals surface area contributed by atoms with Crippen LogP contribution in [0.5, 0.6) is 0 Å². The molecule has 94 valence electrons. The average Bonchev–Trinajstić information content (AvgIpc) is 2.29. The summed E-state index contributed by atoms with van der Waals surface area (Å²) < 4.78 is 0. The Hall–Kier alpha value is -1.13. The lowest BCUT2D eigenvalue weighted by Gasteiger charge is -2.18. The maximum atomic E-state index is 10.9. The number of benzene rings is 1. The number of halogens is 1. The SMILES string of the molecule is CCC(N)C(C)Cc1ccc(Cl)cc1[N+](=O)[O-]. The molecule has 2 N–H and O–H groups in total. The van der Waals surface area contributed by atoms with Gasteiger partial charge >= 0.3 is 0 Å². The molecule has 0 fully saturated rings. The predicted octanol–water partition coefficient (Wildman–Crippen LogP) is 3.16. The second kappa shape index (κ2) is 5.98. The van der Waals surface area contributed by atoms with Gasteiger partial charge in [0.25, 0.3) is 5.69 Å². The molecule has 0 heterocycles. The monoisotopic (exact) mass is 256 g/mol. The molecule has 5 heteroatoms. The predicted molar refractivity (Wildman–Crippen MR) is 69.2 cm³/mol. The summed E-state index contributed by atoms with van der Waals surface area (Å²) in [4.78, 5) is 10.5. The number of rotatable bonds is 5. The normalized spacial score (nSPS) is 14.4. The Kier molecular flexibility index (Phi) is 4.90. The summed E-state index contributed by atoms with van der Waals surface area (Å²) in [6.07, 6.45) is 1.46. The van der Waals surface area contributed by atoms with Crippen LogP contribution < -0.4 is 5.73 Å². The largest absolute Gasteiger partial charge is 0.327 e. The van der Waals surface area contributed by atoms with Gasteiger partial charge in [0.05, 0.1) is 4.92 Å². The Morgan fingerprint density at radius 1 is 1.53 bits per heavy atom. The molecular formula is C12H17ClN2O2. The molecule has 0 spiro atoms. The summed E-state index contributed by atoms with van der Waals surface area (Å²) >= 11 is 5.76. The van der Waals surface area contributed by atoms with E-state index >= 15 is 0 Å². The molecule has 0 aliphatic rings. The van der Waals surface area contributed by atoms with E-state index in [2.05, 4.69) is 0 Å². The molecule has 0 saturated heterocycles. The third kappa shape index (κ3) is 3.68. The van der Waals surface area contributed by atoms with Crippen molar-refractivity contribution in [2.75, 3.05) is 0 Å². The van der Waals surface area contributed by atoms with E-state index in [1.807, 2.05) is 13.8 Å². The first-order chi connectivity index (χ1) is 7.95. The van der Waals surface area contributed by atoms with Crippen molar-refractivity contribution in [2.24, 2.45) is 11.7 Å². The lowest BCUT2D eigenvalue weighted by molar-refractivity contribution is -0.385. The Balaban J connectivity index is 2.94. The first-order valence-electron chi connectivity index (χ1n) is 5.64. The van der Waals surface area contributed by atoms with Crippen molar-refractivity contribution < 1.29 is 4.92 Å². The van der Waals surface area contributed by atoms with Gasteiger partial charge in [-0.15, -0.1) is 0 Å². The van der Waals surface area contributed by atoms with Gasteiger partial charge in [0.2, 0.25) is 0 Å². The molecule has 2 atom stereocenters. The van der Waals surface area contributed by atoms with Crippen LogP contribution in [-0.4, -0.2) is 11.0 Å². The molecule has 1 aromatic carbocycles. The Labute approximate surface area is 106 Å². The van der Waals surface area contributed by atoms with E-state index in [0.717, 1.165) is 6.42 Å². The lowest BCUT2D eigenvalue weighted by Crippen LogP contribution is -2.28. The summed E-state index contributed by atoms with van der Waals surface area (Å²) in [5.41, 5.74) is 6.69. The van der Waals surface area contributed by atoms with E-state index < -0.39 is 4.92 Å². The molecule has 0 aliphatic heterocycles. The van der Waals surface area contributed by atoms with E-state index in [-0.39, 0.29) is 17.6 Å². The molecule has 17 heavy (non-hydrogen) atoms. The zero-order chi connectivity index (χ0) is 13.0. The van der Waals surface area contributed by atoms with Crippen molar-refractivity contribution in [3.63, 3.8) is 0 Å². The fourth-order valence-corrected chi connectivity index (χ4v) is 1.95. The minimum absolute atomic E-state index is 0.0604. The minimum Gasteiger partial charge on any atom is -0.327 e. The number of hydrogen-bond donors (Lipinski definition) is 1. The summed E-state index contributed by atoms with van der Waals surface area (Å²) in [5, 5.41) is 11.3. The molecule has 1 aromatic rings. The second-order valence-electron chi connectivity index (χ2n) is 4.28. The molecule has 0 radical (unpaired) electrons. The minimum atomic E-state index is -0.397. The molecule has 0 bridgehead atoms. The van der Waals surface area contributed by atoms with Gasteiger partial charge in [0, 0.05) is 22.7 Å². The second-order valence-corrected chi connectivity index (χ2v) is 4.72. The van der Waals surface area contributed by atoms with Crippen LogP contribution in [0, 0.1) is 16.0 Å². The van der Waals surface area contributed by atoms with E-state index in [9.17, 15) is 10.1 Å². The van der Waals surface area contributed by atoms with E-state index in [1.54, 1.807) is 12.1 Å². The van der Waals surface area contributed by atoms with Gasteiger partial charge in [-0.3, -0.25) is 10.1 Å². The fraction of sp³-hybridized carbons (Fsp3) is 0.500. The summed E-state index contributed by atoms with van der Waals surface area (Å²) in [6, 6.07) is 4.83. The van der Waals surface area contributed by atoms with Gasteiger partial charge in [0.15, 0.2) is 0 Å². The van der Waals surface area contributed by atoms with Crippen molar-refractivity contribution in [1.82, 2.24) is 0 Å². The van der Waals surface area contributed by atoms with Gasteiger partial charge < -0.3 is 5.73 Å². The number of nitrogens with two attached hydrogens (primary N) is 1. The number of nitro groups is 1.